The molecular formula is C18H26FN3O3S. The predicted molar refractivity (Wildman–Crippen MR) is 96.6 cm³/mol. The number of piperidine rings is 1. The summed E-state index contributed by atoms with van der Waals surface area (Å²) < 4.78 is 39.7. The minimum Gasteiger partial charge on any atom is -0.342 e. The first-order chi connectivity index (χ1) is 12.4. The molecule has 0 aliphatic carbocycles. The number of sulfonamides is 1. The van der Waals surface area contributed by atoms with Gasteiger partial charge < -0.3 is 4.90 Å². The lowest BCUT2D eigenvalue weighted by Crippen LogP contribution is -2.52. The first kappa shape index (κ1) is 19.3. The lowest BCUT2D eigenvalue weighted by atomic mass is 9.99. The van der Waals surface area contributed by atoms with Gasteiger partial charge in [-0.05, 0) is 43.0 Å². The minimum atomic E-state index is -3.61. The highest BCUT2D eigenvalue weighted by atomic mass is 32.2. The van der Waals surface area contributed by atoms with Crippen LogP contribution in [-0.2, 0) is 14.8 Å². The van der Waals surface area contributed by atoms with Crippen LogP contribution in [0.5, 0.6) is 0 Å². The van der Waals surface area contributed by atoms with Crippen molar-refractivity contribution in [3.8, 4) is 0 Å². The van der Waals surface area contributed by atoms with Gasteiger partial charge >= 0.3 is 0 Å². The van der Waals surface area contributed by atoms with E-state index in [-0.39, 0.29) is 10.8 Å². The fraction of sp³-hybridized carbons (Fsp3) is 0.611. The molecule has 8 heteroatoms. The number of rotatable bonds is 4. The lowest BCUT2D eigenvalue weighted by Gasteiger charge is -2.36. The van der Waals surface area contributed by atoms with E-state index in [1.165, 1.54) is 16.4 Å². The van der Waals surface area contributed by atoms with E-state index in [1.54, 1.807) is 0 Å². The molecule has 144 valence electrons. The van der Waals surface area contributed by atoms with Gasteiger partial charge in [0.25, 0.3) is 0 Å². The van der Waals surface area contributed by atoms with Gasteiger partial charge in [0.15, 0.2) is 0 Å². The van der Waals surface area contributed by atoms with E-state index in [9.17, 15) is 17.6 Å². The Morgan fingerprint density at radius 3 is 2.19 bits per heavy atom. The topological polar surface area (TPSA) is 60.9 Å². The smallest absolute Gasteiger partial charge is 0.243 e. The highest BCUT2D eigenvalue weighted by Gasteiger charge is 2.30. The van der Waals surface area contributed by atoms with E-state index in [0.717, 1.165) is 38.1 Å². The third kappa shape index (κ3) is 4.42. The first-order valence-corrected chi connectivity index (χ1v) is 10.6. The molecule has 0 N–H and O–H groups in total. The number of likely N-dealkylation sites (tertiary alicyclic amines) is 1. The molecule has 2 saturated heterocycles. The Morgan fingerprint density at radius 2 is 1.62 bits per heavy atom. The minimum absolute atomic E-state index is 0.103. The monoisotopic (exact) mass is 383 g/mol. The van der Waals surface area contributed by atoms with Crippen LogP contribution >= 0.6 is 0 Å². The molecule has 6 nitrogen and oxygen atoms in total. The molecule has 26 heavy (non-hydrogen) atoms. The number of carbonyl (C=O) groups excluding carboxylic acids is 1. The van der Waals surface area contributed by atoms with Crippen molar-refractivity contribution < 1.29 is 17.6 Å². The fourth-order valence-electron chi connectivity index (χ4n) is 3.43. The standard InChI is InChI=1S/C18H26FN3O3S/c1-15-6-8-21(9-7-15)18(23)14-20-10-12-22(13-11-20)26(24,25)17-4-2-16(19)3-5-17/h2-5,15H,6-14H2,1H3. The van der Waals surface area contributed by atoms with Crippen molar-refractivity contribution in [1.29, 1.82) is 0 Å². The van der Waals surface area contributed by atoms with Crippen LogP contribution in [0.4, 0.5) is 4.39 Å². The van der Waals surface area contributed by atoms with E-state index in [0.29, 0.717) is 38.6 Å². The average Bonchev–Trinajstić information content (AvgIpc) is 2.63. The molecule has 0 unspecified atom stereocenters. The molecule has 2 fully saturated rings. The molecule has 0 radical (unpaired) electrons. The van der Waals surface area contributed by atoms with E-state index < -0.39 is 15.8 Å². The molecule has 1 aromatic rings. The number of carbonyl (C=O) groups is 1. The molecule has 2 aliphatic heterocycles. The molecule has 0 saturated carbocycles. The van der Waals surface area contributed by atoms with Gasteiger partial charge in [0.1, 0.15) is 5.82 Å². The molecule has 0 atom stereocenters. The molecular weight excluding hydrogens is 357 g/mol. The fourth-order valence-corrected chi connectivity index (χ4v) is 4.86. The third-order valence-corrected chi connectivity index (χ3v) is 7.19. The number of piperazine rings is 1. The summed E-state index contributed by atoms with van der Waals surface area (Å²) in [5.41, 5.74) is 0. The summed E-state index contributed by atoms with van der Waals surface area (Å²) in [5, 5.41) is 0. The molecule has 1 aromatic carbocycles. The SMILES string of the molecule is CC1CCN(C(=O)CN2CCN(S(=O)(=O)c3ccc(F)cc3)CC2)CC1. The lowest BCUT2D eigenvalue weighted by molar-refractivity contribution is -0.134. The second-order valence-electron chi connectivity index (χ2n) is 7.20. The predicted octanol–water partition coefficient (Wildman–Crippen LogP) is 1.39. The Morgan fingerprint density at radius 1 is 1.04 bits per heavy atom. The van der Waals surface area contributed by atoms with E-state index in [1.807, 2.05) is 9.80 Å². The van der Waals surface area contributed by atoms with Crippen molar-refractivity contribution in [3.05, 3.63) is 30.1 Å². The summed E-state index contributed by atoms with van der Waals surface area (Å²) in [7, 11) is -3.61. The Balaban J connectivity index is 1.52. The van der Waals surface area contributed by atoms with Crippen molar-refractivity contribution >= 4 is 15.9 Å². The summed E-state index contributed by atoms with van der Waals surface area (Å²) in [4.78, 5) is 16.5. The van der Waals surface area contributed by atoms with E-state index >= 15 is 0 Å². The van der Waals surface area contributed by atoms with Gasteiger partial charge in [0, 0.05) is 39.3 Å². The maximum Gasteiger partial charge on any atom is 0.243 e. The number of amides is 1. The van der Waals surface area contributed by atoms with Gasteiger partial charge in [-0.1, -0.05) is 6.92 Å². The Kier molecular flexibility index (Phi) is 5.94. The molecule has 3 rings (SSSR count). The third-order valence-electron chi connectivity index (χ3n) is 5.28. The van der Waals surface area contributed by atoms with Crippen molar-refractivity contribution in [2.24, 2.45) is 5.92 Å². The number of hydrogen-bond donors (Lipinski definition) is 0. The van der Waals surface area contributed by atoms with Gasteiger partial charge in [-0.15, -0.1) is 0 Å². The van der Waals surface area contributed by atoms with Gasteiger partial charge in [0.2, 0.25) is 15.9 Å². The Labute approximate surface area is 154 Å². The van der Waals surface area contributed by atoms with Crippen molar-refractivity contribution in [1.82, 2.24) is 14.1 Å². The summed E-state index contributed by atoms with van der Waals surface area (Å²) >= 11 is 0. The zero-order valence-corrected chi connectivity index (χ0v) is 15.9. The first-order valence-electron chi connectivity index (χ1n) is 9.12. The van der Waals surface area contributed by atoms with Crippen molar-refractivity contribution in [2.75, 3.05) is 45.8 Å². The summed E-state index contributed by atoms with van der Waals surface area (Å²) in [6.45, 7) is 5.92. The molecule has 0 aromatic heterocycles. The zero-order chi connectivity index (χ0) is 18.7. The molecule has 2 aliphatic rings. The van der Waals surface area contributed by atoms with E-state index in [4.69, 9.17) is 0 Å². The van der Waals surface area contributed by atoms with Crippen molar-refractivity contribution in [2.45, 2.75) is 24.7 Å². The van der Waals surface area contributed by atoms with Crippen LogP contribution < -0.4 is 0 Å². The Hall–Kier alpha value is -1.51. The molecule has 0 spiro atoms. The van der Waals surface area contributed by atoms with Crippen LogP contribution in [0.2, 0.25) is 0 Å². The summed E-state index contributed by atoms with van der Waals surface area (Å²) in [6, 6.07) is 4.89. The van der Waals surface area contributed by atoms with Gasteiger partial charge in [-0.25, -0.2) is 12.8 Å². The zero-order valence-electron chi connectivity index (χ0n) is 15.1. The maximum atomic E-state index is 13.0. The average molecular weight is 383 g/mol. The largest absolute Gasteiger partial charge is 0.342 e. The number of halogens is 1. The van der Waals surface area contributed by atoms with Crippen molar-refractivity contribution in [3.63, 3.8) is 0 Å². The van der Waals surface area contributed by atoms with Crippen LogP contribution in [0.3, 0.4) is 0 Å². The maximum absolute atomic E-state index is 13.0. The second kappa shape index (κ2) is 8.02. The van der Waals surface area contributed by atoms with Crippen LogP contribution in [0.15, 0.2) is 29.2 Å². The summed E-state index contributed by atoms with van der Waals surface area (Å²) in [5.74, 6) is 0.352. The number of nitrogens with zero attached hydrogens (tertiary/aromatic N) is 3. The van der Waals surface area contributed by atoms with Gasteiger partial charge in [-0.2, -0.15) is 4.31 Å². The molecule has 1 amide bonds. The summed E-state index contributed by atoms with van der Waals surface area (Å²) in [6.07, 6.45) is 2.10. The Bertz CT molecular complexity index is 723. The highest BCUT2D eigenvalue weighted by Crippen LogP contribution is 2.19. The van der Waals surface area contributed by atoms with Crippen LogP contribution in [0.1, 0.15) is 19.8 Å². The van der Waals surface area contributed by atoms with Crippen LogP contribution in [-0.4, -0.2) is 74.2 Å². The number of hydrogen-bond acceptors (Lipinski definition) is 4. The van der Waals surface area contributed by atoms with Crippen LogP contribution in [0, 0.1) is 11.7 Å². The highest BCUT2D eigenvalue weighted by molar-refractivity contribution is 7.89. The van der Waals surface area contributed by atoms with Gasteiger partial charge in [-0.3, -0.25) is 9.69 Å². The normalized spacial score (nSPS) is 21.1. The second-order valence-corrected chi connectivity index (χ2v) is 9.14. The number of benzene rings is 1. The quantitative estimate of drug-likeness (QED) is 0.788. The van der Waals surface area contributed by atoms with Crippen LogP contribution in [0.25, 0.3) is 0 Å². The van der Waals surface area contributed by atoms with Gasteiger partial charge in [0.05, 0.1) is 11.4 Å². The van der Waals surface area contributed by atoms with E-state index in [2.05, 4.69) is 6.92 Å². The molecule has 2 heterocycles. The molecule has 0 bridgehead atoms.